The van der Waals surface area contributed by atoms with E-state index in [0.29, 0.717) is 6.42 Å². The molecule has 0 aliphatic heterocycles. The quantitative estimate of drug-likeness (QED) is 0.245. The van der Waals surface area contributed by atoms with Crippen LogP contribution in [0.5, 0.6) is 0 Å². The molecule has 6 heteroatoms. The van der Waals surface area contributed by atoms with E-state index in [9.17, 15) is 4.79 Å². The number of ether oxygens (including phenoxy) is 1. The molecule has 0 amide bonds. The fourth-order valence-electron chi connectivity index (χ4n) is 2.87. The molecule has 0 aromatic carbocycles. The second-order valence-electron chi connectivity index (χ2n) is 12.2. The lowest BCUT2D eigenvalue weighted by Gasteiger charge is -2.40. The van der Waals surface area contributed by atoms with Crippen LogP contribution in [-0.2, 0) is 18.4 Å². The van der Waals surface area contributed by atoms with Crippen molar-refractivity contribution in [2.75, 3.05) is 7.11 Å². The van der Waals surface area contributed by atoms with E-state index >= 15 is 0 Å². The van der Waals surface area contributed by atoms with Gasteiger partial charge in [0.1, 0.15) is 0 Å². The maximum absolute atomic E-state index is 12.5. The van der Waals surface area contributed by atoms with Gasteiger partial charge in [-0.2, -0.15) is 0 Å². The fourth-order valence-corrected chi connectivity index (χ4v) is 5.26. The summed E-state index contributed by atoms with van der Waals surface area (Å²) in [5.41, 5.74) is -0.681. The number of hydrogen-bond donors (Lipinski definition) is 0. The van der Waals surface area contributed by atoms with Crippen LogP contribution in [-0.4, -0.2) is 35.8 Å². The predicted octanol–water partition coefficient (Wildman–Crippen LogP) is 7.06. The van der Waals surface area contributed by atoms with Crippen LogP contribution < -0.4 is 0 Å². The normalized spacial score (nSPS) is 21.7. The van der Waals surface area contributed by atoms with Crippen LogP contribution >= 0.6 is 0 Å². The van der Waals surface area contributed by atoms with Gasteiger partial charge in [-0.3, -0.25) is 4.79 Å². The SMILES string of the molecule is COC(=O)C(C)(C)[C@@H]1C=C[C@@H](O[Si](C)(C)C(C)(C)C)CC(O[Si](C)(C)C(C)(C)C)=C1. The molecular weight excluding hydrogens is 408 g/mol. The van der Waals surface area contributed by atoms with Crippen molar-refractivity contribution in [1.29, 1.82) is 0 Å². The number of carbonyl (C=O) groups is 1. The van der Waals surface area contributed by atoms with Crippen LogP contribution in [0.15, 0.2) is 24.0 Å². The molecule has 1 aliphatic rings. The summed E-state index contributed by atoms with van der Waals surface area (Å²) in [5, 5.41) is 0.221. The summed E-state index contributed by atoms with van der Waals surface area (Å²) < 4.78 is 18.6. The molecule has 0 saturated heterocycles. The maximum atomic E-state index is 12.5. The molecule has 0 aromatic rings. The third-order valence-corrected chi connectivity index (χ3v) is 16.2. The molecule has 1 aliphatic carbocycles. The third-order valence-electron chi connectivity index (χ3n) is 7.29. The number of hydrogen-bond acceptors (Lipinski definition) is 4. The molecule has 0 spiro atoms. The van der Waals surface area contributed by atoms with E-state index in [-0.39, 0.29) is 28.1 Å². The summed E-state index contributed by atoms with van der Waals surface area (Å²) in [6.45, 7) is 26.4. The van der Waals surface area contributed by atoms with Crippen molar-refractivity contribution in [1.82, 2.24) is 0 Å². The highest BCUT2D eigenvalue weighted by atomic mass is 28.4. The molecule has 174 valence electrons. The highest BCUT2D eigenvalue weighted by Crippen LogP contribution is 2.42. The Morgan fingerprint density at radius 1 is 0.900 bits per heavy atom. The molecule has 30 heavy (non-hydrogen) atoms. The Balaban J connectivity index is 3.35. The molecule has 4 nitrogen and oxygen atoms in total. The number of allylic oxidation sites excluding steroid dienone is 2. The molecular formula is C24H46O4Si2. The van der Waals surface area contributed by atoms with E-state index < -0.39 is 22.0 Å². The zero-order valence-corrected chi connectivity index (χ0v) is 23.7. The first-order chi connectivity index (χ1) is 13.2. The molecule has 0 radical (unpaired) electrons. The Labute approximate surface area is 187 Å². The first-order valence-corrected chi connectivity index (χ1v) is 16.9. The first kappa shape index (κ1) is 27.2. The van der Waals surface area contributed by atoms with Crippen molar-refractivity contribution in [3.63, 3.8) is 0 Å². The van der Waals surface area contributed by atoms with E-state index in [4.69, 9.17) is 13.6 Å². The molecule has 1 rings (SSSR count). The van der Waals surface area contributed by atoms with Crippen molar-refractivity contribution in [3.05, 3.63) is 24.0 Å². The fraction of sp³-hybridized carbons (Fsp3) is 0.792. The lowest BCUT2D eigenvalue weighted by Crippen LogP contribution is -2.44. The van der Waals surface area contributed by atoms with Gasteiger partial charge in [-0.05, 0) is 56.2 Å². The van der Waals surface area contributed by atoms with Crippen LogP contribution in [0, 0.1) is 11.3 Å². The lowest BCUT2D eigenvalue weighted by molar-refractivity contribution is -0.152. The average Bonchev–Trinajstić information content (AvgIpc) is 2.73. The molecule has 0 unspecified atom stereocenters. The van der Waals surface area contributed by atoms with Gasteiger partial charge in [-0.25, -0.2) is 0 Å². The van der Waals surface area contributed by atoms with Crippen molar-refractivity contribution in [3.8, 4) is 0 Å². The van der Waals surface area contributed by atoms with Crippen LogP contribution in [0.4, 0.5) is 0 Å². The summed E-state index contributed by atoms with van der Waals surface area (Å²) in [5.74, 6) is 0.610. The molecule has 0 heterocycles. The van der Waals surface area contributed by atoms with Crippen molar-refractivity contribution in [2.24, 2.45) is 11.3 Å². The Bertz CT molecular complexity index is 676. The Morgan fingerprint density at radius 3 is 1.83 bits per heavy atom. The predicted molar refractivity (Wildman–Crippen MR) is 131 cm³/mol. The topological polar surface area (TPSA) is 44.8 Å². The molecule has 0 bridgehead atoms. The molecule has 0 aromatic heterocycles. The second kappa shape index (κ2) is 8.95. The molecule has 0 N–H and O–H groups in total. The zero-order valence-electron chi connectivity index (χ0n) is 21.7. The zero-order chi connectivity index (χ0) is 23.8. The Kier molecular flexibility index (Phi) is 8.10. The van der Waals surface area contributed by atoms with Gasteiger partial charge < -0.3 is 13.6 Å². The monoisotopic (exact) mass is 454 g/mol. The molecule has 0 fully saturated rings. The number of rotatable bonds is 6. The maximum Gasteiger partial charge on any atom is 0.312 e. The van der Waals surface area contributed by atoms with E-state index in [0.717, 1.165) is 5.76 Å². The van der Waals surface area contributed by atoms with Gasteiger partial charge in [0, 0.05) is 12.3 Å². The van der Waals surface area contributed by atoms with Crippen LogP contribution in [0.3, 0.4) is 0 Å². The Hall–Kier alpha value is -0.856. The third kappa shape index (κ3) is 6.33. The first-order valence-electron chi connectivity index (χ1n) is 11.1. The second-order valence-corrected chi connectivity index (χ2v) is 21.7. The minimum absolute atomic E-state index is 0.0552. The van der Waals surface area contributed by atoms with Crippen LogP contribution in [0.25, 0.3) is 0 Å². The van der Waals surface area contributed by atoms with E-state index in [1.807, 2.05) is 13.8 Å². The minimum atomic E-state index is -2.02. The van der Waals surface area contributed by atoms with Crippen molar-refractivity contribution in [2.45, 2.75) is 104 Å². The summed E-state index contributed by atoms with van der Waals surface area (Å²) in [6, 6.07) is 0. The minimum Gasteiger partial charge on any atom is -0.547 e. The highest BCUT2D eigenvalue weighted by Gasteiger charge is 2.43. The lowest BCUT2D eigenvalue weighted by atomic mass is 9.78. The van der Waals surface area contributed by atoms with Gasteiger partial charge in [-0.15, -0.1) is 0 Å². The number of methoxy groups -OCH3 is 1. The van der Waals surface area contributed by atoms with E-state index in [2.05, 4.69) is 86.0 Å². The summed E-state index contributed by atoms with van der Waals surface area (Å²) >= 11 is 0. The summed E-state index contributed by atoms with van der Waals surface area (Å²) in [4.78, 5) is 12.5. The van der Waals surface area contributed by atoms with Gasteiger partial charge in [0.2, 0.25) is 8.32 Å². The standard InChI is InChI=1S/C24H46O4Si2/c1-22(2,3)29(10,11)27-19-15-14-18(24(7,8)21(25)26-9)16-20(17-19)28-30(12,13)23(4,5)6/h14-16,18-19H,17H2,1-13H3/t18-,19-/m1/s1. The van der Waals surface area contributed by atoms with Gasteiger partial charge in [-0.1, -0.05) is 53.7 Å². The number of esters is 1. The van der Waals surface area contributed by atoms with Crippen LogP contribution in [0.2, 0.25) is 36.3 Å². The average molecular weight is 455 g/mol. The van der Waals surface area contributed by atoms with Gasteiger partial charge in [0.25, 0.3) is 0 Å². The Morgan fingerprint density at radius 2 is 1.40 bits per heavy atom. The molecule has 2 atom stereocenters. The van der Waals surface area contributed by atoms with Crippen LogP contribution in [0.1, 0.15) is 61.8 Å². The summed E-state index contributed by atoms with van der Waals surface area (Å²) in [6.07, 6.45) is 7.01. The largest absolute Gasteiger partial charge is 0.547 e. The summed E-state index contributed by atoms with van der Waals surface area (Å²) in [7, 11) is -2.52. The van der Waals surface area contributed by atoms with Crippen molar-refractivity contribution < 1.29 is 18.4 Å². The van der Waals surface area contributed by atoms with Gasteiger partial charge in [0.05, 0.1) is 24.4 Å². The number of carbonyl (C=O) groups excluding carboxylic acids is 1. The molecule has 0 saturated carbocycles. The van der Waals surface area contributed by atoms with Gasteiger partial charge in [0.15, 0.2) is 8.32 Å². The van der Waals surface area contributed by atoms with Crippen molar-refractivity contribution >= 4 is 22.6 Å². The highest BCUT2D eigenvalue weighted by molar-refractivity contribution is 6.74. The van der Waals surface area contributed by atoms with E-state index in [1.54, 1.807) is 0 Å². The van der Waals surface area contributed by atoms with E-state index in [1.165, 1.54) is 7.11 Å². The smallest absolute Gasteiger partial charge is 0.312 e. The van der Waals surface area contributed by atoms with Gasteiger partial charge >= 0.3 is 5.97 Å².